The maximum absolute atomic E-state index is 5.88. The van der Waals surface area contributed by atoms with Gasteiger partial charge < -0.3 is 5.73 Å². The standard InChI is InChI=1S/C10H21N/c1-3-9-5-4-6-10(7-9)8(2)11/h8-10H,3-7,11H2,1-2H3/t8-,9?,10+/m0/s1. The van der Waals surface area contributed by atoms with Crippen molar-refractivity contribution in [1.29, 1.82) is 0 Å². The lowest BCUT2D eigenvalue weighted by Gasteiger charge is -2.30. The molecule has 0 heterocycles. The molecule has 0 aromatic heterocycles. The van der Waals surface area contributed by atoms with Crippen molar-refractivity contribution in [2.24, 2.45) is 17.6 Å². The van der Waals surface area contributed by atoms with Gasteiger partial charge in [-0.25, -0.2) is 0 Å². The summed E-state index contributed by atoms with van der Waals surface area (Å²) in [6, 6.07) is 0.421. The molecule has 0 aliphatic heterocycles. The molecule has 1 fully saturated rings. The van der Waals surface area contributed by atoms with Gasteiger partial charge in [0.05, 0.1) is 0 Å². The third-order valence-corrected chi connectivity index (χ3v) is 3.14. The molecule has 66 valence electrons. The number of hydrogen-bond donors (Lipinski definition) is 1. The normalized spacial score (nSPS) is 35.2. The second kappa shape index (κ2) is 4.10. The highest BCUT2D eigenvalue weighted by molar-refractivity contribution is 4.77. The maximum Gasteiger partial charge on any atom is 0.00388 e. The fraction of sp³-hybridized carbons (Fsp3) is 1.00. The Bertz CT molecular complexity index is 109. The molecule has 1 rings (SSSR count). The molecule has 2 N–H and O–H groups in total. The second-order valence-corrected chi connectivity index (χ2v) is 4.06. The van der Waals surface area contributed by atoms with Crippen molar-refractivity contribution < 1.29 is 0 Å². The van der Waals surface area contributed by atoms with Gasteiger partial charge in [0.2, 0.25) is 0 Å². The summed E-state index contributed by atoms with van der Waals surface area (Å²) in [5, 5.41) is 0. The van der Waals surface area contributed by atoms with Gasteiger partial charge in [0.15, 0.2) is 0 Å². The zero-order valence-electron chi connectivity index (χ0n) is 7.84. The number of nitrogens with two attached hydrogens (primary N) is 1. The molecule has 0 saturated heterocycles. The molecule has 1 aliphatic rings. The third-order valence-electron chi connectivity index (χ3n) is 3.14. The van der Waals surface area contributed by atoms with Gasteiger partial charge in [-0.05, 0) is 31.6 Å². The van der Waals surface area contributed by atoms with Crippen LogP contribution in [0.2, 0.25) is 0 Å². The van der Waals surface area contributed by atoms with E-state index in [0.29, 0.717) is 6.04 Å². The second-order valence-electron chi connectivity index (χ2n) is 4.06. The van der Waals surface area contributed by atoms with Crippen LogP contribution in [-0.4, -0.2) is 6.04 Å². The van der Waals surface area contributed by atoms with Gasteiger partial charge in [0, 0.05) is 6.04 Å². The molecule has 0 aromatic carbocycles. The van der Waals surface area contributed by atoms with E-state index in [1.165, 1.54) is 32.1 Å². The molecule has 3 atom stereocenters. The van der Waals surface area contributed by atoms with E-state index in [1.54, 1.807) is 0 Å². The average molecular weight is 155 g/mol. The molecule has 0 amide bonds. The SMILES string of the molecule is CCC1CCC[C@@H]([C@H](C)N)C1. The predicted octanol–water partition coefficient (Wildman–Crippen LogP) is 2.55. The van der Waals surface area contributed by atoms with Crippen LogP contribution in [0.15, 0.2) is 0 Å². The fourth-order valence-corrected chi connectivity index (χ4v) is 2.18. The van der Waals surface area contributed by atoms with Gasteiger partial charge in [-0.15, -0.1) is 0 Å². The highest BCUT2D eigenvalue weighted by Gasteiger charge is 2.22. The number of rotatable bonds is 2. The highest BCUT2D eigenvalue weighted by Crippen LogP contribution is 2.31. The van der Waals surface area contributed by atoms with E-state index in [9.17, 15) is 0 Å². The lowest BCUT2D eigenvalue weighted by atomic mass is 9.77. The first-order chi connectivity index (χ1) is 5.24. The molecule has 1 saturated carbocycles. The smallest absolute Gasteiger partial charge is 0.00388 e. The molecule has 1 nitrogen and oxygen atoms in total. The van der Waals surface area contributed by atoms with Gasteiger partial charge in [-0.3, -0.25) is 0 Å². The van der Waals surface area contributed by atoms with Gasteiger partial charge in [0.1, 0.15) is 0 Å². The highest BCUT2D eigenvalue weighted by atomic mass is 14.6. The molecule has 0 aromatic rings. The monoisotopic (exact) mass is 155 g/mol. The molecule has 11 heavy (non-hydrogen) atoms. The van der Waals surface area contributed by atoms with Crippen LogP contribution in [0.25, 0.3) is 0 Å². The van der Waals surface area contributed by atoms with E-state index in [2.05, 4.69) is 13.8 Å². The third kappa shape index (κ3) is 2.48. The minimum atomic E-state index is 0.421. The summed E-state index contributed by atoms with van der Waals surface area (Å²) in [4.78, 5) is 0. The first-order valence-corrected chi connectivity index (χ1v) is 4.99. The van der Waals surface area contributed by atoms with Crippen molar-refractivity contribution in [3.63, 3.8) is 0 Å². The molecule has 0 spiro atoms. The number of hydrogen-bond acceptors (Lipinski definition) is 1. The van der Waals surface area contributed by atoms with E-state index in [0.717, 1.165) is 11.8 Å². The van der Waals surface area contributed by atoms with E-state index < -0.39 is 0 Å². The Hall–Kier alpha value is -0.0400. The van der Waals surface area contributed by atoms with Crippen LogP contribution in [-0.2, 0) is 0 Å². The first kappa shape index (κ1) is 9.05. The molecule has 1 heteroatoms. The minimum Gasteiger partial charge on any atom is -0.328 e. The Morgan fingerprint density at radius 1 is 1.45 bits per heavy atom. The van der Waals surface area contributed by atoms with Gasteiger partial charge in [0.25, 0.3) is 0 Å². The Balaban J connectivity index is 2.33. The van der Waals surface area contributed by atoms with Crippen LogP contribution in [0.4, 0.5) is 0 Å². The zero-order chi connectivity index (χ0) is 8.27. The Labute approximate surface area is 70.4 Å². The quantitative estimate of drug-likeness (QED) is 0.651. The molecule has 1 aliphatic carbocycles. The predicted molar refractivity (Wildman–Crippen MR) is 49.4 cm³/mol. The summed E-state index contributed by atoms with van der Waals surface area (Å²) in [7, 11) is 0. The van der Waals surface area contributed by atoms with Crippen LogP contribution in [0, 0.1) is 11.8 Å². The van der Waals surface area contributed by atoms with E-state index in [4.69, 9.17) is 5.73 Å². The topological polar surface area (TPSA) is 26.0 Å². The molecule has 1 unspecified atom stereocenters. The van der Waals surface area contributed by atoms with Gasteiger partial charge in [-0.1, -0.05) is 26.2 Å². The lowest BCUT2D eigenvalue weighted by Crippen LogP contribution is -2.30. The Kier molecular flexibility index (Phi) is 3.38. The first-order valence-electron chi connectivity index (χ1n) is 4.99. The summed E-state index contributed by atoms with van der Waals surface area (Å²) in [6.45, 7) is 4.46. The van der Waals surface area contributed by atoms with Crippen LogP contribution in [0.3, 0.4) is 0 Å². The van der Waals surface area contributed by atoms with Crippen LogP contribution >= 0.6 is 0 Å². The van der Waals surface area contributed by atoms with Crippen LogP contribution in [0.1, 0.15) is 46.0 Å². The summed E-state index contributed by atoms with van der Waals surface area (Å²) in [6.07, 6.45) is 6.95. The zero-order valence-corrected chi connectivity index (χ0v) is 7.84. The Morgan fingerprint density at radius 2 is 2.18 bits per heavy atom. The van der Waals surface area contributed by atoms with Crippen molar-refractivity contribution in [3.8, 4) is 0 Å². The van der Waals surface area contributed by atoms with Crippen LogP contribution < -0.4 is 5.73 Å². The summed E-state index contributed by atoms with van der Waals surface area (Å²) in [5.41, 5.74) is 5.88. The summed E-state index contributed by atoms with van der Waals surface area (Å²) >= 11 is 0. The van der Waals surface area contributed by atoms with Crippen molar-refractivity contribution in [3.05, 3.63) is 0 Å². The molecular weight excluding hydrogens is 134 g/mol. The van der Waals surface area contributed by atoms with Crippen LogP contribution in [0.5, 0.6) is 0 Å². The maximum atomic E-state index is 5.88. The fourth-order valence-electron chi connectivity index (χ4n) is 2.18. The minimum absolute atomic E-state index is 0.421. The van der Waals surface area contributed by atoms with E-state index in [-0.39, 0.29) is 0 Å². The molecular formula is C10H21N. The molecule has 0 radical (unpaired) electrons. The lowest BCUT2D eigenvalue weighted by molar-refractivity contribution is 0.236. The van der Waals surface area contributed by atoms with E-state index in [1.807, 2.05) is 0 Å². The van der Waals surface area contributed by atoms with E-state index >= 15 is 0 Å². The summed E-state index contributed by atoms with van der Waals surface area (Å²) in [5.74, 6) is 1.79. The van der Waals surface area contributed by atoms with Gasteiger partial charge >= 0.3 is 0 Å². The van der Waals surface area contributed by atoms with Crippen molar-refractivity contribution in [1.82, 2.24) is 0 Å². The average Bonchev–Trinajstić information content (AvgIpc) is 2.05. The largest absolute Gasteiger partial charge is 0.328 e. The molecule has 0 bridgehead atoms. The van der Waals surface area contributed by atoms with Gasteiger partial charge in [-0.2, -0.15) is 0 Å². The Morgan fingerprint density at radius 3 is 2.73 bits per heavy atom. The van der Waals surface area contributed by atoms with Crippen molar-refractivity contribution in [2.45, 2.75) is 52.0 Å². The summed E-state index contributed by atoms with van der Waals surface area (Å²) < 4.78 is 0. The van der Waals surface area contributed by atoms with Crippen molar-refractivity contribution in [2.75, 3.05) is 0 Å². The van der Waals surface area contributed by atoms with Crippen molar-refractivity contribution >= 4 is 0 Å².